The first kappa shape index (κ1) is 15.0. The van der Waals surface area contributed by atoms with Crippen molar-refractivity contribution in [1.82, 2.24) is 0 Å². The van der Waals surface area contributed by atoms with Crippen LogP contribution in [0, 0.1) is 17.1 Å². The molecule has 0 N–H and O–H groups in total. The Morgan fingerprint density at radius 1 is 1.35 bits per heavy atom. The number of carbonyl (C=O) groups is 1. The lowest BCUT2D eigenvalue weighted by atomic mass is 10.1. The lowest BCUT2D eigenvalue weighted by Crippen LogP contribution is -2.15. The fourth-order valence-electron chi connectivity index (χ4n) is 2.31. The van der Waals surface area contributed by atoms with Gasteiger partial charge in [-0.3, -0.25) is 0 Å². The number of rotatable bonds is 3. The maximum Gasteiger partial charge on any atom is 0.338 e. The molecule has 0 spiro atoms. The highest BCUT2D eigenvalue weighted by Gasteiger charge is 2.18. The second-order valence-electron chi connectivity index (χ2n) is 4.93. The molecule has 0 radical (unpaired) electrons. The third kappa shape index (κ3) is 3.30. The summed E-state index contributed by atoms with van der Waals surface area (Å²) >= 11 is 0. The van der Waals surface area contributed by atoms with Gasteiger partial charge in [0.25, 0.3) is 0 Å². The molecule has 3 rings (SSSR count). The van der Waals surface area contributed by atoms with Crippen LogP contribution < -0.4 is 4.74 Å². The van der Waals surface area contributed by atoms with Gasteiger partial charge in [-0.05, 0) is 30.3 Å². The third-order valence-electron chi connectivity index (χ3n) is 3.34. The van der Waals surface area contributed by atoms with Gasteiger partial charge in [-0.1, -0.05) is 6.07 Å². The summed E-state index contributed by atoms with van der Waals surface area (Å²) in [6.45, 7) is 0.192. The average Bonchev–Trinajstić information content (AvgIpc) is 2.59. The van der Waals surface area contributed by atoms with Crippen molar-refractivity contribution in [2.24, 2.45) is 0 Å². The molecule has 0 saturated carbocycles. The molecule has 0 bridgehead atoms. The Balaban J connectivity index is 1.77. The Hall–Kier alpha value is -2.91. The number of fused-ring (bicyclic) bond motifs is 1. The van der Waals surface area contributed by atoms with Crippen LogP contribution >= 0.6 is 0 Å². The van der Waals surface area contributed by atoms with Crippen molar-refractivity contribution in [2.45, 2.75) is 13.2 Å². The Morgan fingerprint density at radius 2 is 2.22 bits per heavy atom. The highest BCUT2D eigenvalue weighted by atomic mass is 19.1. The molecule has 0 aliphatic carbocycles. The summed E-state index contributed by atoms with van der Waals surface area (Å²) in [6.07, 6.45) is 0. The third-order valence-corrected chi connectivity index (χ3v) is 3.34. The number of halogens is 1. The maximum absolute atomic E-state index is 13.6. The van der Waals surface area contributed by atoms with E-state index < -0.39 is 11.8 Å². The second-order valence-corrected chi connectivity index (χ2v) is 4.93. The first-order valence-corrected chi connectivity index (χ1v) is 6.86. The summed E-state index contributed by atoms with van der Waals surface area (Å²) in [5.41, 5.74) is 1.64. The van der Waals surface area contributed by atoms with E-state index in [0.717, 1.165) is 0 Å². The van der Waals surface area contributed by atoms with E-state index in [4.69, 9.17) is 19.5 Å². The van der Waals surface area contributed by atoms with Gasteiger partial charge in [-0.2, -0.15) is 5.26 Å². The fourth-order valence-corrected chi connectivity index (χ4v) is 2.31. The number of carbonyl (C=O) groups excluding carboxylic acids is 1. The van der Waals surface area contributed by atoms with Crippen molar-refractivity contribution >= 4 is 5.97 Å². The summed E-state index contributed by atoms with van der Waals surface area (Å²) in [5.74, 6) is -0.557. The normalized spacial score (nSPS) is 12.7. The highest BCUT2D eigenvalue weighted by Crippen LogP contribution is 2.30. The van der Waals surface area contributed by atoms with Crippen LogP contribution in [0.1, 0.15) is 27.0 Å². The van der Waals surface area contributed by atoms with E-state index in [1.165, 1.54) is 18.2 Å². The molecular formula is C17H12FNO4. The van der Waals surface area contributed by atoms with Gasteiger partial charge in [0.2, 0.25) is 0 Å². The standard InChI is InChI=1S/C17H12FNO4/c18-15-5-13-8-21-10-23-16(13)14(6-15)9-22-17(20)12-3-1-2-11(4-12)7-19/h1-6H,8-10H2. The quantitative estimate of drug-likeness (QED) is 0.815. The largest absolute Gasteiger partial charge is 0.467 e. The molecule has 2 aromatic carbocycles. The van der Waals surface area contributed by atoms with Crippen LogP contribution in [0.5, 0.6) is 5.75 Å². The summed E-state index contributed by atoms with van der Waals surface area (Å²) < 4.78 is 29.3. The van der Waals surface area contributed by atoms with Crippen molar-refractivity contribution in [1.29, 1.82) is 5.26 Å². The number of ether oxygens (including phenoxy) is 3. The second kappa shape index (κ2) is 6.46. The molecule has 1 aliphatic rings. The summed E-state index contributed by atoms with van der Waals surface area (Å²) in [5, 5.41) is 8.84. The number of nitriles is 1. The maximum atomic E-state index is 13.6. The van der Waals surface area contributed by atoms with E-state index in [1.54, 1.807) is 18.2 Å². The molecule has 1 heterocycles. The molecule has 2 aromatic rings. The molecule has 23 heavy (non-hydrogen) atoms. The van der Waals surface area contributed by atoms with Gasteiger partial charge in [0.05, 0.1) is 23.8 Å². The fraction of sp³-hybridized carbons (Fsp3) is 0.176. The summed E-state index contributed by atoms with van der Waals surface area (Å²) in [6, 6.07) is 10.7. The monoisotopic (exact) mass is 313 g/mol. The lowest BCUT2D eigenvalue weighted by molar-refractivity contribution is -0.0182. The zero-order valence-electron chi connectivity index (χ0n) is 12.0. The number of benzene rings is 2. The number of hydrogen-bond acceptors (Lipinski definition) is 5. The lowest BCUT2D eigenvalue weighted by Gasteiger charge is -2.20. The minimum absolute atomic E-state index is 0.0732. The van der Waals surface area contributed by atoms with E-state index in [2.05, 4.69) is 0 Å². The van der Waals surface area contributed by atoms with Crippen LogP contribution in [0.25, 0.3) is 0 Å². The minimum Gasteiger partial charge on any atom is -0.467 e. The van der Waals surface area contributed by atoms with Crippen LogP contribution in [0.4, 0.5) is 4.39 Å². The Bertz CT molecular complexity index is 798. The number of hydrogen-bond donors (Lipinski definition) is 0. The zero-order valence-corrected chi connectivity index (χ0v) is 12.0. The van der Waals surface area contributed by atoms with E-state index in [1.807, 2.05) is 6.07 Å². The molecule has 116 valence electrons. The van der Waals surface area contributed by atoms with Crippen molar-refractivity contribution in [3.63, 3.8) is 0 Å². The molecular weight excluding hydrogens is 301 g/mol. The molecule has 0 saturated heterocycles. The van der Waals surface area contributed by atoms with Gasteiger partial charge in [0.15, 0.2) is 6.79 Å². The molecule has 0 aromatic heterocycles. The van der Waals surface area contributed by atoms with Crippen molar-refractivity contribution in [2.75, 3.05) is 6.79 Å². The molecule has 5 nitrogen and oxygen atoms in total. The van der Waals surface area contributed by atoms with Crippen LogP contribution in [0.3, 0.4) is 0 Å². The van der Waals surface area contributed by atoms with Crippen molar-refractivity contribution < 1.29 is 23.4 Å². The van der Waals surface area contributed by atoms with Gasteiger partial charge >= 0.3 is 5.97 Å². The van der Waals surface area contributed by atoms with Crippen molar-refractivity contribution in [3.05, 3.63) is 64.5 Å². The van der Waals surface area contributed by atoms with E-state index in [-0.39, 0.29) is 25.6 Å². The minimum atomic E-state index is -0.591. The molecule has 0 unspecified atom stereocenters. The number of nitrogens with zero attached hydrogens (tertiary/aromatic N) is 1. The summed E-state index contributed by atoms with van der Waals surface area (Å²) in [4.78, 5) is 12.0. The van der Waals surface area contributed by atoms with Crippen molar-refractivity contribution in [3.8, 4) is 11.8 Å². The Labute approximate surface area is 131 Å². The van der Waals surface area contributed by atoms with Crippen LogP contribution in [0.2, 0.25) is 0 Å². The number of esters is 1. The molecule has 0 amide bonds. The predicted molar refractivity (Wildman–Crippen MR) is 77.0 cm³/mol. The highest BCUT2D eigenvalue weighted by molar-refractivity contribution is 5.89. The first-order valence-electron chi connectivity index (χ1n) is 6.86. The Kier molecular flexibility index (Phi) is 4.22. The summed E-state index contributed by atoms with van der Waals surface area (Å²) in [7, 11) is 0. The molecule has 0 fully saturated rings. The SMILES string of the molecule is N#Cc1cccc(C(=O)OCc2cc(F)cc3c2OCOC3)c1. The van der Waals surface area contributed by atoms with Gasteiger partial charge < -0.3 is 14.2 Å². The van der Waals surface area contributed by atoms with E-state index >= 15 is 0 Å². The first-order chi connectivity index (χ1) is 11.2. The predicted octanol–water partition coefficient (Wildman–Crippen LogP) is 2.92. The zero-order chi connectivity index (χ0) is 16.2. The van der Waals surface area contributed by atoms with E-state index in [0.29, 0.717) is 22.4 Å². The van der Waals surface area contributed by atoms with E-state index in [9.17, 15) is 9.18 Å². The van der Waals surface area contributed by atoms with Gasteiger partial charge in [0.1, 0.15) is 18.2 Å². The van der Waals surface area contributed by atoms with Crippen LogP contribution in [0.15, 0.2) is 36.4 Å². The van der Waals surface area contributed by atoms with Gasteiger partial charge in [-0.15, -0.1) is 0 Å². The smallest absolute Gasteiger partial charge is 0.338 e. The molecule has 6 heteroatoms. The molecule has 1 aliphatic heterocycles. The Morgan fingerprint density at radius 3 is 3.04 bits per heavy atom. The van der Waals surface area contributed by atoms with Gasteiger partial charge in [0, 0.05) is 11.1 Å². The topological polar surface area (TPSA) is 68.6 Å². The molecule has 0 atom stereocenters. The van der Waals surface area contributed by atoms with Crippen LogP contribution in [-0.4, -0.2) is 12.8 Å². The van der Waals surface area contributed by atoms with Gasteiger partial charge in [-0.25, -0.2) is 9.18 Å². The van der Waals surface area contributed by atoms with Crippen LogP contribution in [-0.2, 0) is 22.7 Å². The average molecular weight is 313 g/mol.